The lowest BCUT2D eigenvalue weighted by Gasteiger charge is -2.08. The van der Waals surface area contributed by atoms with E-state index in [1.807, 2.05) is 6.07 Å². The van der Waals surface area contributed by atoms with Crippen molar-refractivity contribution in [3.8, 4) is 10.7 Å². The molecular formula is C19H12N2S. The van der Waals surface area contributed by atoms with Crippen molar-refractivity contribution >= 4 is 38.7 Å². The van der Waals surface area contributed by atoms with Crippen molar-refractivity contribution in [2.75, 3.05) is 0 Å². The highest BCUT2D eigenvalue weighted by Gasteiger charge is 2.13. The van der Waals surface area contributed by atoms with Gasteiger partial charge in [0.1, 0.15) is 0 Å². The third-order valence-corrected chi connectivity index (χ3v) is 4.94. The summed E-state index contributed by atoms with van der Waals surface area (Å²) in [5.41, 5.74) is 3.47. The third kappa shape index (κ3) is 1.57. The van der Waals surface area contributed by atoms with Crippen LogP contribution in [0.2, 0.25) is 0 Å². The molecule has 0 saturated heterocycles. The fourth-order valence-electron chi connectivity index (χ4n) is 3.10. The summed E-state index contributed by atoms with van der Waals surface area (Å²) in [5.74, 6) is 1.02. The van der Waals surface area contributed by atoms with E-state index in [0.29, 0.717) is 0 Å². The fourth-order valence-corrected chi connectivity index (χ4v) is 3.81. The lowest BCUT2D eigenvalue weighted by molar-refractivity contribution is 1.18. The predicted octanol–water partition coefficient (Wildman–Crippen LogP) is 5.37. The summed E-state index contributed by atoms with van der Waals surface area (Å²) in [6.45, 7) is 0. The number of benzene rings is 2. The van der Waals surface area contributed by atoms with E-state index < -0.39 is 0 Å². The number of hydrogen-bond acceptors (Lipinski definition) is 2. The first-order chi connectivity index (χ1) is 10.9. The highest BCUT2D eigenvalue weighted by atomic mass is 32.1. The maximum Gasteiger partial charge on any atom is 0.155 e. The Kier molecular flexibility index (Phi) is 2.40. The summed E-state index contributed by atoms with van der Waals surface area (Å²) in [6.07, 6.45) is 0. The molecule has 0 atom stereocenters. The maximum absolute atomic E-state index is 4.94. The number of rotatable bonds is 1. The molecule has 2 nitrogen and oxygen atoms in total. The van der Waals surface area contributed by atoms with E-state index in [1.54, 1.807) is 11.3 Å². The Hall–Kier alpha value is -2.65. The van der Waals surface area contributed by atoms with E-state index >= 15 is 0 Å². The summed E-state index contributed by atoms with van der Waals surface area (Å²) in [5, 5.41) is 4.54. The molecule has 22 heavy (non-hydrogen) atoms. The molecule has 5 aromatic rings. The van der Waals surface area contributed by atoms with Crippen LogP contribution in [-0.2, 0) is 0 Å². The van der Waals surface area contributed by atoms with Gasteiger partial charge in [0.25, 0.3) is 0 Å². The highest BCUT2D eigenvalue weighted by molar-refractivity contribution is 7.13. The van der Waals surface area contributed by atoms with Crippen LogP contribution in [0.3, 0.4) is 0 Å². The Morgan fingerprint density at radius 1 is 0.818 bits per heavy atom. The number of aromatic nitrogens is 2. The molecule has 0 amide bonds. The minimum absolute atomic E-state index is 1.02. The summed E-state index contributed by atoms with van der Waals surface area (Å²) in [7, 11) is 0. The molecule has 0 N–H and O–H groups in total. The van der Waals surface area contributed by atoms with E-state index in [2.05, 4.69) is 70.4 Å². The normalized spacial score (nSPS) is 11.6. The number of hydrogen-bond donors (Lipinski definition) is 0. The van der Waals surface area contributed by atoms with E-state index in [9.17, 15) is 0 Å². The Bertz CT molecular complexity index is 1120. The molecule has 104 valence electrons. The van der Waals surface area contributed by atoms with E-state index in [-0.39, 0.29) is 0 Å². The van der Waals surface area contributed by atoms with Gasteiger partial charge in [-0.2, -0.15) is 0 Å². The Morgan fingerprint density at radius 3 is 2.59 bits per heavy atom. The van der Waals surface area contributed by atoms with Crippen LogP contribution in [0.25, 0.3) is 38.0 Å². The molecular weight excluding hydrogens is 288 g/mol. The smallest absolute Gasteiger partial charge is 0.155 e. The minimum Gasteiger partial charge on any atom is -0.293 e. The van der Waals surface area contributed by atoms with Gasteiger partial charge in [-0.3, -0.25) is 4.40 Å². The summed E-state index contributed by atoms with van der Waals surface area (Å²) >= 11 is 1.73. The first-order valence-corrected chi connectivity index (χ1v) is 8.12. The van der Waals surface area contributed by atoms with Crippen LogP contribution in [0, 0.1) is 0 Å². The average Bonchev–Trinajstić information content (AvgIpc) is 3.22. The van der Waals surface area contributed by atoms with Gasteiger partial charge in [0.2, 0.25) is 0 Å². The molecule has 3 heterocycles. The molecule has 0 bridgehead atoms. The molecule has 0 aliphatic carbocycles. The summed E-state index contributed by atoms with van der Waals surface area (Å²) in [6, 6.07) is 23.3. The van der Waals surface area contributed by atoms with Gasteiger partial charge in [-0.25, -0.2) is 4.98 Å². The maximum atomic E-state index is 4.94. The van der Waals surface area contributed by atoms with Crippen LogP contribution in [0.5, 0.6) is 0 Å². The third-order valence-electron chi connectivity index (χ3n) is 4.07. The van der Waals surface area contributed by atoms with Gasteiger partial charge in [-0.1, -0.05) is 42.5 Å². The number of para-hydroxylation sites is 2. The molecule has 0 unspecified atom stereocenters. The Labute approximate surface area is 131 Å². The molecule has 0 radical (unpaired) electrons. The van der Waals surface area contributed by atoms with Gasteiger partial charge < -0.3 is 0 Å². The molecule has 2 aromatic carbocycles. The van der Waals surface area contributed by atoms with Gasteiger partial charge in [-0.15, -0.1) is 11.3 Å². The minimum atomic E-state index is 1.02. The SMILES string of the molecule is c1csc(-c2nc3ccccc3c3cc4ccccc4n23)c1. The topological polar surface area (TPSA) is 17.3 Å². The van der Waals surface area contributed by atoms with E-state index in [4.69, 9.17) is 4.98 Å². The molecule has 3 aromatic heterocycles. The van der Waals surface area contributed by atoms with Crippen molar-refractivity contribution in [2.24, 2.45) is 0 Å². The molecule has 0 fully saturated rings. The predicted molar refractivity (Wildman–Crippen MR) is 93.5 cm³/mol. The summed E-state index contributed by atoms with van der Waals surface area (Å²) < 4.78 is 2.28. The second-order valence-corrected chi connectivity index (χ2v) is 6.30. The first-order valence-electron chi connectivity index (χ1n) is 7.25. The second-order valence-electron chi connectivity index (χ2n) is 5.35. The Balaban J connectivity index is 2.09. The molecule has 3 heteroatoms. The largest absolute Gasteiger partial charge is 0.293 e. The lowest BCUT2D eigenvalue weighted by atomic mass is 10.2. The lowest BCUT2D eigenvalue weighted by Crippen LogP contribution is -1.95. The first kappa shape index (κ1) is 12.0. The zero-order chi connectivity index (χ0) is 14.5. The van der Waals surface area contributed by atoms with Gasteiger partial charge in [0.05, 0.1) is 21.4 Å². The van der Waals surface area contributed by atoms with Crippen molar-refractivity contribution in [1.82, 2.24) is 9.38 Å². The molecule has 0 aliphatic heterocycles. The quantitative estimate of drug-likeness (QED) is 0.407. The Morgan fingerprint density at radius 2 is 1.68 bits per heavy atom. The zero-order valence-electron chi connectivity index (χ0n) is 11.7. The fraction of sp³-hybridized carbons (Fsp3) is 0. The second kappa shape index (κ2) is 4.42. The molecule has 0 saturated carbocycles. The van der Waals surface area contributed by atoms with Crippen LogP contribution in [0.4, 0.5) is 0 Å². The van der Waals surface area contributed by atoms with Crippen molar-refractivity contribution in [1.29, 1.82) is 0 Å². The number of nitrogens with zero attached hydrogens (tertiary/aromatic N) is 2. The summed E-state index contributed by atoms with van der Waals surface area (Å²) in [4.78, 5) is 6.13. The van der Waals surface area contributed by atoms with Crippen molar-refractivity contribution in [3.63, 3.8) is 0 Å². The van der Waals surface area contributed by atoms with Crippen molar-refractivity contribution in [3.05, 3.63) is 72.1 Å². The van der Waals surface area contributed by atoms with Crippen LogP contribution in [-0.4, -0.2) is 9.38 Å². The van der Waals surface area contributed by atoms with Crippen LogP contribution in [0.15, 0.2) is 72.1 Å². The van der Waals surface area contributed by atoms with Crippen LogP contribution >= 0.6 is 11.3 Å². The van der Waals surface area contributed by atoms with Crippen molar-refractivity contribution < 1.29 is 0 Å². The van der Waals surface area contributed by atoms with Crippen molar-refractivity contribution in [2.45, 2.75) is 0 Å². The van der Waals surface area contributed by atoms with Gasteiger partial charge >= 0.3 is 0 Å². The molecule has 5 rings (SSSR count). The number of thiophene rings is 1. The zero-order valence-corrected chi connectivity index (χ0v) is 12.5. The van der Waals surface area contributed by atoms with Gasteiger partial charge in [0, 0.05) is 10.8 Å². The van der Waals surface area contributed by atoms with Gasteiger partial charge in [0.15, 0.2) is 5.82 Å². The standard InChI is InChI=1S/C19H12N2S/c1-4-9-16-13(6-1)12-17-14-7-2-3-8-15(14)20-19(21(16)17)18-10-5-11-22-18/h1-12H. The van der Waals surface area contributed by atoms with Crippen LogP contribution < -0.4 is 0 Å². The molecule has 0 spiro atoms. The number of fused-ring (bicyclic) bond motifs is 5. The highest BCUT2D eigenvalue weighted by Crippen LogP contribution is 2.32. The van der Waals surface area contributed by atoms with Gasteiger partial charge in [-0.05, 0) is 29.6 Å². The van der Waals surface area contributed by atoms with E-state index in [0.717, 1.165) is 11.3 Å². The average molecular weight is 300 g/mol. The monoisotopic (exact) mass is 300 g/mol. The molecule has 0 aliphatic rings. The van der Waals surface area contributed by atoms with Crippen LogP contribution in [0.1, 0.15) is 0 Å². The van der Waals surface area contributed by atoms with E-state index in [1.165, 1.54) is 26.7 Å².